The van der Waals surface area contributed by atoms with Gasteiger partial charge >= 0.3 is 0 Å². The third-order valence-corrected chi connectivity index (χ3v) is 4.86. The molecule has 3 heteroatoms. The molecular formula is C15H20BrNO. The lowest BCUT2D eigenvalue weighted by Gasteiger charge is -2.28. The Morgan fingerprint density at radius 2 is 1.94 bits per heavy atom. The van der Waals surface area contributed by atoms with Crippen molar-refractivity contribution in [2.75, 3.05) is 0 Å². The molecule has 0 saturated heterocycles. The zero-order valence-electron chi connectivity index (χ0n) is 11.0. The quantitative estimate of drug-likeness (QED) is 0.828. The monoisotopic (exact) mass is 309 g/mol. The van der Waals surface area contributed by atoms with E-state index >= 15 is 0 Å². The highest BCUT2D eigenvalue weighted by Crippen LogP contribution is 2.24. The summed E-state index contributed by atoms with van der Waals surface area (Å²) in [6.07, 6.45) is 4.69. The van der Waals surface area contributed by atoms with E-state index in [0.29, 0.717) is 4.83 Å². The van der Waals surface area contributed by atoms with Gasteiger partial charge in [-0.15, -0.1) is 0 Å². The van der Waals surface area contributed by atoms with Crippen LogP contribution < -0.4 is 5.32 Å². The molecule has 1 saturated carbocycles. The number of hydrogen-bond acceptors (Lipinski definition) is 1. The molecule has 2 atom stereocenters. The van der Waals surface area contributed by atoms with E-state index in [1.165, 1.54) is 24.0 Å². The fourth-order valence-electron chi connectivity index (χ4n) is 2.38. The van der Waals surface area contributed by atoms with Crippen LogP contribution in [0.4, 0.5) is 0 Å². The first-order valence-electron chi connectivity index (χ1n) is 6.60. The molecule has 1 amide bonds. The Balaban J connectivity index is 2.04. The second-order valence-corrected chi connectivity index (χ2v) is 6.36. The van der Waals surface area contributed by atoms with Crippen molar-refractivity contribution in [1.82, 2.24) is 5.32 Å². The van der Waals surface area contributed by atoms with Gasteiger partial charge in [-0.25, -0.2) is 0 Å². The molecule has 0 bridgehead atoms. The third-order valence-electron chi connectivity index (χ3n) is 3.77. The summed E-state index contributed by atoms with van der Waals surface area (Å²) in [5.74, 6) is 0.0504. The van der Waals surface area contributed by atoms with Gasteiger partial charge in [-0.3, -0.25) is 4.79 Å². The van der Waals surface area contributed by atoms with Gasteiger partial charge < -0.3 is 5.32 Å². The van der Waals surface area contributed by atoms with Gasteiger partial charge in [0.2, 0.25) is 0 Å². The normalized spacial score (nSPS) is 23.7. The summed E-state index contributed by atoms with van der Waals surface area (Å²) < 4.78 is 0. The Bertz CT molecular complexity index is 444. The number of amides is 1. The molecular weight excluding hydrogens is 290 g/mol. The lowest BCUT2D eigenvalue weighted by Crippen LogP contribution is -2.42. The van der Waals surface area contributed by atoms with E-state index in [4.69, 9.17) is 0 Å². The standard InChI is InChI=1S/C15H20BrNO/c1-10-7-8-12(9-11(10)2)15(18)17-14-6-4-3-5-13(14)16/h7-9,13-14H,3-6H2,1-2H3,(H,17,18). The molecule has 0 heterocycles. The number of halogens is 1. The molecule has 1 aliphatic rings. The van der Waals surface area contributed by atoms with Gasteiger partial charge in [0.25, 0.3) is 5.91 Å². The number of hydrogen-bond donors (Lipinski definition) is 1. The molecule has 1 aromatic carbocycles. The molecule has 2 nitrogen and oxygen atoms in total. The number of aryl methyl sites for hydroxylation is 2. The highest BCUT2D eigenvalue weighted by molar-refractivity contribution is 9.09. The van der Waals surface area contributed by atoms with Crippen LogP contribution in [0.15, 0.2) is 18.2 Å². The predicted molar refractivity (Wildman–Crippen MR) is 78.4 cm³/mol. The van der Waals surface area contributed by atoms with Gasteiger partial charge in [-0.05, 0) is 49.9 Å². The second-order valence-electron chi connectivity index (χ2n) is 5.18. The molecule has 1 aliphatic carbocycles. The molecule has 1 fully saturated rings. The summed E-state index contributed by atoms with van der Waals surface area (Å²) >= 11 is 3.67. The highest BCUT2D eigenvalue weighted by Gasteiger charge is 2.24. The van der Waals surface area contributed by atoms with Crippen LogP contribution >= 0.6 is 15.9 Å². The minimum absolute atomic E-state index is 0.0504. The van der Waals surface area contributed by atoms with Crippen molar-refractivity contribution in [2.24, 2.45) is 0 Å². The fraction of sp³-hybridized carbons (Fsp3) is 0.533. The second kappa shape index (κ2) is 5.87. The van der Waals surface area contributed by atoms with Crippen LogP contribution in [0, 0.1) is 13.8 Å². The van der Waals surface area contributed by atoms with Gasteiger partial charge in [-0.2, -0.15) is 0 Å². The number of alkyl halides is 1. The van der Waals surface area contributed by atoms with Crippen LogP contribution in [0.2, 0.25) is 0 Å². The average molecular weight is 310 g/mol. The van der Waals surface area contributed by atoms with Gasteiger partial charge in [0.1, 0.15) is 0 Å². The summed E-state index contributed by atoms with van der Waals surface area (Å²) in [6.45, 7) is 4.10. The topological polar surface area (TPSA) is 29.1 Å². The summed E-state index contributed by atoms with van der Waals surface area (Å²) in [4.78, 5) is 12.6. The first-order chi connectivity index (χ1) is 8.58. The van der Waals surface area contributed by atoms with Crippen molar-refractivity contribution < 1.29 is 4.79 Å². The average Bonchev–Trinajstić information content (AvgIpc) is 2.35. The number of nitrogens with one attached hydrogen (secondary N) is 1. The number of benzene rings is 1. The Morgan fingerprint density at radius 3 is 2.61 bits per heavy atom. The maximum Gasteiger partial charge on any atom is 0.251 e. The first-order valence-corrected chi connectivity index (χ1v) is 7.51. The van der Waals surface area contributed by atoms with Crippen molar-refractivity contribution >= 4 is 21.8 Å². The predicted octanol–water partition coefficient (Wildman–Crippen LogP) is 3.74. The van der Waals surface area contributed by atoms with Crippen molar-refractivity contribution in [1.29, 1.82) is 0 Å². The molecule has 98 valence electrons. The minimum atomic E-state index is 0.0504. The maximum absolute atomic E-state index is 12.2. The van der Waals surface area contributed by atoms with Crippen LogP contribution in [0.1, 0.15) is 47.2 Å². The third kappa shape index (κ3) is 3.14. The Kier molecular flexibility index (Phi) is 4.44. The molecule has 0 aliphatic heterocycles. The van der Waals surface area contributed by atoms with Crippen LogP contribution in [0.25, 0.3) is 0 Å². The van der Waals surface area contributed by atoms with E-state index in [0.717, 1.165) is 18.4 Å². The Labute approximate surface area is 117 Å². The lowest BCUT2D eigenvalue weighted by atomic mass is 9.95. The molecule has 2 unspecified atom stereocenters. The van der Waals surface area contributed by atoms with E-state index in [2.05, 4.69) is 28.2 Å². The van der Waals surface area contributed by atoms with Gasteiger partial charge in [0.15, 0.2) is 0 Å². The van der Waals surface area contributed by atoms with Crippen molar-refractivity contribution in [3.8, 4) is 0 Å². The van der Waals surface area contributed by atoms with E-state index in [-0.39, 0.29) is 11.9 Å². The molecule has 0 aromatic heterocycles. The molecule has 1 aromatic rings. The zero-order chi connectivity index (χ0) is 13.1. The Morgan fingerprint density at radius 1 is 1.22 bits per heavy atom. The molecule has 0 radical (unpaired) electrons. The van der Waals surface area contributed by atoms with Gasteiger partial charge in [0.05, 0.1) is 0 Å². The first kappa shape index (κ1) is 13.6. The fourth-order valence-corrected chi connectivity index (χ4v) is 3.10. The van der Waals surface area contributed by atoms with E-state index in [1.807, 2.05) is 25.1 Å². The smallest absolute Gasteiger partial charge is 0.251 e. The summed E-state index contributed by atoms with van der Waals surface area (Å²) in [5, 5.41) is 3.15. The Hall–Kier alpha value is -0.830. The highest BCUT2D eigenvalue weighted by atomic mass is 79.9. The SMILES string of the molecule is Cc1ccc(C(=O)NC2CCCCC2Br)cc1C. The molecule has 0 spiro atoms. The van der Waals surface area contributed by atoms with Crippen LogP contribution in [0.5, 0.6) is 0 Å². The van der Waals surface area contributed by atoms with Crippen molar-refractivity contribution in [3.63, 3.8) is 0 Å². The van der Waals surface area contributed by atoms with E-state index < -0.39 is 0 Å². The molecule has 2 rings (SSSR count). The zero-order valence-corrected chi connectivity index (χ0v) is 12.6. The van der Waals surface area contributed by atoms with Crippen LogP contribution in [-0.4, -0.2) is 16.8 Å². The summed E-state index contributed by atoms with van der Waals surface area (Å²) in [7, 11) is 0. The molecule has 18 heavy (non-hydrogen) atoms. The molecule has 1 N–H and O–H groups in total. The van der Waals surface area contributed by atoms with Gasteiger partial charge in [0, 0.05) is 16.4 Å². The minimum Gasteiger partial charge on any atom is -0.348 e. The van der Waals surface area contributed by atoms with Crippen LogP contribution in [0.3, 0.4) is 0 Å². The number of carbonyl (C=O) groups excluding carboxylic acids is 1. The number of rotatable bonds is 2. The van der Waals surface area contributed by atoms with Gasteiger partial charge in [-0.1, -0.05) is 34.8 Å². The summed E-state index contributed by atoms with van der Waals surface area (Å²) in [5.41, 5.74) is 3.16. The lowest BCUT2D eigenvalue weighted by molar-refractivity contribution is 0.0929. The summed E-state index contributed by atoms with van der Waals surface area (Å²) in [6, 6.07) is 6.16. The maximum atomic E-state index is 12.2. The van der Waals surface area contributed by atoms with Crippen molar-refractivity contribution in [3.05, 3.63) is 34.9 Å². The van der Waals surface area contributed by atoms with E-state index in [1.54, 1.807) is 0 Å². The van der Waals surface area contributed by atoms with Crippen molar-refractivity contribution in [2.45, 2.75) is 50.4 Å². The largest absolute Gasteiger partial charge is 0.348 e. The number of carbonyl (C=O) groups is 1. The van der Waals surface area contributed by atoms with E-state index in [9.17, 15) is 4.79 Å². The van der Waals surface area contributed by atoms with Crippen LogP contribution in [-0.2, 0) is 0 Å².